The first-order valence-electron chi connectivity index (χ1n) is 2.05. The van der Waals surface area contributed by atoms with Gasteiger partial charge in [0.1, 0.15) is 4.32 Å². The fourth-order valence-electron chi connectivity index (χ4n) is 0.180. The van der Waals surface area contributed by atoms with Gasteiger partial charge in [0.25, 0.3) is 0 Å². The van der Waals surface area contributed by atoms with Crippen LogP contribution in [0.4, 0.5) is 0 Å². The fourth-order valence-corrected chi connectivity index (χ4v) is 1.04. The van der Waals surface area contributed by atoms with E-state index in [-0.39, 0.29) is 6.61 Å². The van der Waals surface area contributed by atoms with Crippen molar-refractivity contribution in [2.45, 2.75) is 0 Å². The van der Waals surface area contributed by atoms with Crippen LogP contribution in [0.1, 0.15) is 0 Å². The zero-order valence-corrected chi connectivity index (χ0v) is 7.04. The molecule has 0 fully saturated rings. The summed E-state index contributed by atoms with van der Waals surface area (Å²) in [5, 5.41) is 11.0. The predicted octanol–water partition coefficient (Wildman–Crippen LogP) is 0.376. The summed E-state index contributed by atoms with van der Waals surface area (Å²) < 4.78 is 0.698. The Morgan fingerprint density at radius 3 is 2.88 bits per heavy atom. The maximum Gasteiger partial charge on any atom is 0.136 e. The highest BCUT2D eigenvalue weighted by Crippen LogP contribution is 2.00. The molecule has 0 spiro atoms. The van der Waals surface area contributed by atoms with Gasteiger partial charge in [0.2, 0.25) is 0 Å². The summed E-state index contributed by atoms with van der Waals surface area (Å²) in [6, 6.07) is 0. The summed E-state index contributed by atoms with van der Waals surface area (Å²) in [6.45, 7) is 0.178. The number of rotatable bonds is 2. The molecule has 0 radical (unpaired) electrons. The number of nitrogens with one attached hydrogen (secondary N) is 1. The normalized spacial score (nSPS) is 8.75. The van der Waals surface area contributed by atoms with Crippen LogP contribution in [-0.2, 0) is 0 Å². The second kappa shape index (κ2) is 5.76. The number of thioether (sulfide) groups is 1. The summed E-state index contributed by atoms with van der Waals surface area (Å²) in [4.78, 5) is 0. The molecule has 0 aromatic carbocycles. The minimum absolute atomic E-state index is 0.178. The van der Waals surface area contributed by atoms with Crippen LogP contribution in [0.2, 0.25) is 0 Å². The highest BCUT2D eigenvalue weighted by molar-refractivity contribution is 8.23. The lowest BCUT2D eigenvalue weighted by Crippen LogP contribution is -2.04. The van der Waals surface area contributed by atoms with Crippen molar-refractivity contribution >= 4 is 37.7 Å². The van der Waals surface area contributed by atoms with Gasteiger partial charge >= 0.3 is 0 Å². The second-order valence-corrected chi connectivity index (χ2v) is 3.06. The number of aliphatic hydroxyl groups excluding tert-OH is 1. The lowest BCUT2D eigenvalue weighted by molar-refractivity contribution is 0.323. The third-order valence-electron chi connectivity index (χ3n) is 0.442. The van der Waals surface area contributed by atoms with Crippen LogP contribution >= 0.6 is 33.4 Å². The molecule has 0 amide bonds. The van der Waals surface area contributed by atoms with E-state index in [4.69, 9.17) is 17.3 Å². The van der Waals surface area contributed by atoms with Crippen molar-refractivity contribution in [3.63, 3.8) is 0 Å². The van der Waals surface area contributed by atoms with Crippen LogP contribution in [0.25, 0.3) is 0 Å². The van der Waals surface area contributed by atoms with E-state index in [2.05, 4.69) is 14.5 Å². The molecule has 0 rings (SSSR count). The van der Waals surface area contributed by atoms with Gasteiger partial charge in [-0.3, -0.25) is 0 Å². The average Bonchev–Trinajstić information content (AvgIpc) is 1.83. The molecule has 0 aromatic heterocycles. The molecule has 0 aliphatic heterocycles. The Hall–Kier alpha value is 0.630. The van der Waals surface area contributed by atoms with Crippen molar-refractivity contribution in [3.8, 4) is 0 Å². The van der Waals surface area contributed by atoms with Gasteiger partial charge in [0, 0.05) is 5.75 Å². The fraction of sp³-hybridized carbons (Fsp3) is 0.667. The highest BCUT2D eigenvalue weighted by atomic mass is 32.2. The van der Waals surface area contributed by atoms with Gasteiger partial charge in [0.05, 0.1) is 6.61 Å². The van der Waals surface area contributed by atoms with Crippen molar-refractivity contribution in [1.82, 2.24) is 5.09 Å². The second-order valence-electron chi connectivity index (χ2n) is 1.00. The van der Waals surface area contributed by atoms with Crippen LogP contribution in [-0.4, -0.2) is 21.8 Å². The molecule has 0 aliphatic carbocycles. The number of hydrogen-bond acceptors (Lipinski definition) is 3. The van der Waals surface area contributed by atoms with E-state index in [9.17, 15) is 0 Å². The van der Waals surface area contributed by atoms with Gasteiger partial charge in [-0.2, -0.15) is 0 Å². The smallest absolute Gasteiger partial charge is 0.136 e. The van der Waals surface area contributed by atoms with E-state index >= 15 is 0 Å². The Balaban J connectivity index is 2.99. The molecule has 0 bridgehead atoms. The van der Waals surface area contributed by atoms with Crippen molar-refractivity contribution in [1.29, 1.82) is 0 Å². The SMILES string of the molecule is OCCSC(=S)NP. The van der Waals surface area contributed by atoms with E-state index in [0.717, 1.165) is 0 Å². The maximum atomic E-state index is 8.30. The molecule has 0 heterocycles. The Labute approximate surface area is 60.7 Å². The molecule has 0 aromatic rings. The summed E-state index contributed by atoms with van der Waals surface area (Å²) in [5.74, 6) is 0.667. The minimum atomic E-state index is 0.178. The Kier molecular flexibility index (Phi) is 6.21. The van der Waals surface area contributed by atoms with Crippen molar-refractivity contribution < 1.29 is 5.11 Å². The molecule has 8 heavy (non-hydrogen) atoms. The molecule has 0 saturated heterocycles. The minimum Gasteiger partial charge on any atom is -0.396 e. The maximum absolute atomic E-state index is 8.30. The first-order chi connectivity index (χ1) is 3.81. The number of thiocarbonyl (C=S) groups is 1. The van der Waals surface area contributed by atoms with E-state index in [1.165, 1.54) is 11.8 Å². The van der Waals surface area contributed by atoms with Crippen LogP contribution in [0, 0.1) is 0 Å². The molecule has 2 nitrogen and oxygen atoms in total. The van der Waals surface area contributed by atoms with Crippen LogP contribution in [0.5, 0.6) is 0 Å². The van der Waals surface area contributed by atoms with Crippen LogP contribution in [0.3, 0.4) is 0 Å². The first kappa shape index (κ1) is 8.63. The zero-order chi connectivity index (χ0) is 6.41. The largest absolute Gasteiger partial charge is 0.396 e. The van der Waals surface area contributed by atoms with Gasteiger partial charge in [-0.05, 0) is 9.39 Å². The zero-order valence-electron chi connectivity index (χ0n) is 4.26. The molecule has 1 atom stereocenters. The van der Waals surface area contributed by atoms with Gasteiger partial charge < -0.3 is 10.2 Å². The summed E-state index contributed by atoms with van der Waals surface area (Å²) in [6.07, 6.45) is 0. The Bertz CT molecular complexity index is 79.7. The molecule has 48 valence electrons. The lowest BCUT2D eigenvalue weighted by Gasteiger charge is -1.97. The molecule has 0 aliphatic rings. The van der Waals surface area contributed by atoms with E-state index in [0.29, 0.717) is 10.1 Å². The predicted molar refractivity (Wildman–Crippen MR) is 45.0 cm³/mol. The van der Waals surface area contributed by atoms with Gasteiger partial charge in [-0.25, -0.2) is 0 Å². The summed E-state index contributed by atoms with van der Waals surface area (Å²) in [7, 11) is 2.30. The first-order valence-corrected chi connectivity index (χ1v) is 4.02. The topological polar surface area (TPSA) is 32.3 Å². The molecule has 0 saturated carbocycles. The van der Waals surface area contributed by atoms with Gasteiger partial charge in [0.15, 0.2) is 0 Å². The molecule has 5 heteroatoms. The summed E-state index contributed by atoms with van der Waals surface area (Å²) >= 11 is 6.17. The molecule has 1 unspecified atom stereocenters. The lowest BCUT2D eigenvalue weighted by atomic mass is 10.9. The molecular formula is C3H8NOPS2. The standard InChI is InChI=1S/C3H8NOPS2/c5-1-2-8-3(7)4-6/h5H,1-2,6H2,(H,4,7). The van der Waals surface area contributed by atoms with Crippen molar-refractivity contribution in [2.75, 3.05) is 12.4 Å². The third kappa shape index (κ3) is 4.78. The third-order valence-corrected chi connectivity index (χ3v) is 2.39. The number of aliphatic hydroxyl groups is 1. The average molecular weight is 169 g/mol. The van der Waals surface area contributed by atoms with E-state index < -0.39 is 0 Å². The molecular weight excluding hydrogens is 161 g/mol. The Morgan fingerprint density at radius 2 is 2.50 bits per heavy atom. The van der Waals surface area contributed by atoms with E-state index in [1.54, 1.807) is 0 Å². The van der Waals surface area contributed by atoms with Crippen LogP contribution < -0.4 is 5.09 Å². The Morgan fingerprint density at radius 1 is 1.88 bits per heavy atom. The van der Waals surface area contributed by atoms with Gasteiger partial charge in [-0.1, -0.05) is 24.0 Å². The summed E-state index contributed by atoms with van der Waals surface area (Å²) in [5.41, 5.74) is 0. The van der Waals surface area contributed by atoms with Crippen molar-refractivity contribution in [2.24, 2.45) is 0 Å². The van der Waals surface area contributed by atoms with Crippen LogP contribution in [0.15, 0.2) is 0 Å². The highest BCUT2D eigenvalue weighted by Gasteiger charge is 1.89. The molecule has 2 N–H and O–H groups in total. The quantitative estimate of drug-likeness (QED) is 0.462. The van der Waals surface area contributed by atoms with E-state index in [1.807, 2.05) is 0 Å². The van der Waals surface area contributed by atoms with Crippen molar-refractivity contribution in [3.05, 3.63) is 0 Å². The monoisotopic (exact) mass is 169 g/mol. The number of hydrogen-bond donors (Lipinski definition) is 2. The van der Waals surface area contributed by atoms with Gasteiger partial charge in [-0.15, -0.1) is 0 Å².